The van der Waals surface area contributed by atoms with Gasteiger partial charge < -0.3 is 5.32 Å². The van der Waals surface area contributed by atoms with Crippen LogP contribution in [0.2, 0.25) is 10.0 Å². The number of nitrogens with one attached hydrogen (secondary N) is 1. The van der Waals surface area contributed by atoms with Crippen LogP contribution in [0.3, 0.4) is 0 Å². The topological polar surface area (TPSA) is 70.0 Å². The van der Waals surface area contributed by atoms with Gasteiger partial charge in [-0.25, -0.2) is 8.42 Å². The standard InChI is InChI=1S/C17H14Cl2N2O2S2/c1-11-3-6-13(7-4-11)21-17(24-2)16(10-20)25(22,23)15-8-5-12(18)9-14(15)19/h3-9,21H,1-2H3/b17-16+. The lowest BCUT2D eigenvalue weighted by molar-refractivity contribution is 0.603. The van der Waals surface area contributed by atoms with Gasteiger partial charge in [0.1, 0.15) is 11.1 Å². The summed E-state index contributed by atoms with van der Waals surface area (Å²) in [5, 5.41) is 13.0. The largest absolute Gasteiger partial charge is 0.349 e. The predicted octanol–water partition coefficient (Wildman–Crippen LogP) is 5.24. The van der Waals surface area contributed by atoms with Crippen LogP contribution in [0.1, 0.15) is 5.56 Å². The summed E-state index contributed by atoms with van der Waals surface area (Å²) in [6.45, 7) is 1.95. The summed E-state index contributed by atoms with van der Waals surface area (Å²) >= 11 is 13.0. The van der Waals surface area contributed by atoms with Crippen LogP contribution in [0.4, 0.5) is 5.69 Å². The fourth-order valence-corrected chi connectivity index (χ4v) is 4.95. The number of hydrogen-bond donors (Lipinski definition) is 1. The summed E-state index contributed by atoms with van der Waals surface area (Å²) in [5.74, 6) is 0. The summed E-state index contributed by atoms with van der Waals surface area (Å²) < 4.78 is 25.8. The van der Waals surface area contributed by atoms with Gasteiger partial charge >= 0.3 is 0 Å². The molecule has 0 spiro atoms. The van der Waals surface area contributed by atoms with Crippen molar-refractivity contribution in [1.29, 1.82) is 5.26 Å². The molecule has 0 unspecified atom stereocenters. The van der Waals surface area contributed by atoms with Crippen molar-refractivity contribution in [2.75, 3.05) is 11.6 Å². The Morgan fingerprint density at radius 3 is 2.32 bits per heavy atom. The molecule has 0 fully saturated rings. The van der Waals surface area contributed by atoms with E-state index in [0.717, 1.165) is 17.3 Å². The van der Waals surface area contributed by atoms with Crippen molar-refractivity contribution in [3.05, 3.63) is 68.0 Å². The number of allylic oxidation sites excluding steroid dienone is 1. The zero-order chi connectivity index (χ0) is 18.6. The molecular weight excluding hydrogens is 399 g/mol. The monoisotopic (exact) mass is 412 g/mol. The zero-order valence-electron chi connectivity index (χ0n) is 13.4. The molecule has 2 aromatic carbocycles. The SMILES string of the molecule is CS/C(Nc1ccc(C)cc1)=C(\C#N)S(=O)(=O)c1ccc(Cl)cc1Cl. The number of hydrogen-bond acceptors (Lipinski definition) is 5. The number of benzene rings is 2. The minimum Gasteiger partial charge on any atom is -0.349 e. The number of halogens is 2. The molecule has 0 aliphatic heterocycles. The van der Waals surface area contributed by atoms with Crippen LogP contribution in [0, 0.1) is 18.3 Å². The second-order valence-electron chi connectivity index (χ2n) is 5.04. The summed E-state index contributed by atoms with van der Waals surface area (Å²) in [6.07, 6.45) is 1.69. The van der Waals surface area contributed by atoms with E-state index in [1.54, 1.807) is 12.3 Å². The molecule has 1 N–H and O–H groups in total. The number of thioether (sulfide) groups is 1. The van der Waals surface area contributed by atoms with E-state index in [2.05, 4.69) is 5.32 Å². The van der Waals surface area contributed by atoms with Gasteiger partial charge in [-0.1, -0.05) is 40.9 Å². The average Bonchev–Trinajstić information content (AvgIpc) is 2.55. The molecule has 0 heterocycles. The molecule has 0 aromatic heterocycles. The number of nitrogens with zero attached hydrogens (tertiary/aromatic N) is 1. The van der Waals surface area contributed by atoms with E-state index in [9.17, 15) is 13.7 Å². The number of sulfone groups is 1. The smallest absolute Gasteiger partial charge is 0.220 e. The maximum atomic E-state index is 12.9. The molecule has 0 atom stereocenters. The summed E-state index contributed by atoms with van der Waals surface area (Å²) in [7, 11) is -4.09. The van der Waals surface area contributed by atoms with Gasteiger partial charge in [0.25, 0.3) is 0 Å². The molecule has 0 saturated carbocycles. The van der Waals surface area contributed by atoms with E-state index in [0.29, 0.717) is 10.7 Å². The molecular formula is C17H14Cl2N2O2S2. The first-order valence-electron chi connectivity index (χ1n) is 7.01. The zero-order valence-corrected chi connectivity index (χ0v) is 16.5. The van der Waals surface area contributed by atoms with Crippen LogP contribution in [-0.2, 0) is 9.84 Å². The highest BCUT2D eigenvalue weighted by atomic mass is 35.5. The van der Waals surface area contributed by atoms with E-state index in [1.165, 1.54) is 18.2 Å². The third-order valence-electron chi connectivity index (χ3n) is 3.27. The Balaban J connectivity index is 2.54. The fourth-order valence-electron chi connectivity index (χ4n) is 2.00. The van der Waals surface area contributed by atoms with Gasteiger partial charge in [-0.15, -0.1) is 11.8 Å². The highest BCUT2D eigenvalue weighted by molar-refractivity contribution is 8.04. The third kappa shape index (κ3) is 4.50. The Bertz CT molecular complexity index is 963. The maximum absolute atomic E-state index is 12.9. The van der Waals surface area contributed by atoms with Crippen molar-refractivity contribution in [2.24, 2.45) is 0 Å². The van der Waals surface area contributed by atoms with Crippen LogP contribution in [0.25, 0.3) is 0 Å². The van der Waals surface area contributed by atoms with Crippen molar-refractivity contribution in [3.63, 3.8) is 0 Å². The van der Waals surface area contributed by atoms with Gasteiger partial charge in [0, 0.05) is 10.7 Å². The van der Waals surface area contributed by atoms with Crippen LogP contribution >= 0.6 is 35.0 Å². The molecule has 25 heavy (non-hydrogen) atoms. The molecule has 2 rings (SSSR count). The summed E-state index contributed by atoms with van der Waals surface area (Å²) in [5.41, 5.74) is 1.75. The van der Waals surface area contributed by atoms with E-state index in [4.69, 9.17) is 23.2 Å². The van der Waals surface area contributed by atoms with E-state index >= 15 is 0 Å². The Morgan fingerprint density at radius 2 is 1.80 bits per heavy atom. The number of aryl methyl sites for hydroxylation is 1. The first-order valence-corrected chi connectivity index (χ1v) is 10.5. The average molecular weight is 413 g/mol. The lowest BCUT2D eigenvalue weighted by Crippen LogP contribution is -2.10. The van der Waals surface area contributed by atoms with E-state index in [-0.39, 0.29) is 14.9 Å². The molecule has 8 heteroatoms. The molecule has 0 bridgehead atoms. The Kier molecular flexibility index (Phi) is 6.42. The van der Waals surface area contributed by atoms with Crippen LogP contribution in [0.15, 0.2) is 57.3 Å². The second-order valence-corrected chi connectivity index (χ2v) is 8.56. The van der Waals surface area contributed by atoms with Crippen LogP contribution in [0.5, 0.6) is 0 Å². The van der Waals surface area contributed by atoms with E-state index < -0.39 is 14.7 Å². The van der Waals surface area contributed by atoms with Gasteiger partial charge in [-0.2, -0.15) is 5.26 Å². The first-order chi connectivity index (χ1) is 11.8. The van der Waals surface area contributed by atoms with Gasteiger partial charge in [0.2, 0.25) is 9.84 Å². The molecule has 0 radical (unpaired) electrons. The summed E-state index contributed by atoms with van der Waals surface area (Å²) in [6, 6.07) is 13.2. The minimum absolute atomic E-state index is 0.0314. The lowest BCUT2D eigenvalue weighted by atomic mass is 10.2. The second kappa shape index (κ2) is 8.15. The van der Waals surface area contributed by atoms with Crippen molar-refractivity contribution >= 4 is 50.5 Å². The van der Waals surface area contributed by atoms with Crippen molar-refractivity contribution in [2.45, 2.75) is 11.8 Å². The van der Waals surface area contributed by atoms with Crippen LogP contribution < -0.4 is 5.32 Å². The maximum Gasteiger partial charge on any atom is 0.220 e. The molecule has 0 aliphatic carbocycles. The van der Waals surface area contributed by atoms with Crippen molar-refractivity contribution < 1.29 is 8.42 Å². The highest BCUT2D eigenvalue weighted by Gasteiger charge is 2.27. The van der Waals surface area contributed by atoms with Gasteiger partial charge in [0.15, 0.2) is 4.91 Å². The molecule has 4 nitrogen and oxygen atoms in total. The quantitative estimate of drug-likeness (QED) is 0.679. The van der Waals surface area contributed by atoms with Crippen LogP contribution in [-0.4, -0.2) is 14.7 Å². The number of anilines is 1. The minimum atomic E-state index is -4.09. The normalized spacial score (nSPS) is 12.3. The van der Waals surface area contributed by atoms with Gasteiger partial charge in [-0.05, 0) is 43.5 Å². The van der Waals surface area contributed by atoms with E-state index in [1.807, 2.05) is 31.2 Å². The van der Waals surface area contributed by atoms with Crippen molar-refractivity contribution in [3.8, 4) is 6.07 Å². The molecule has 130 valence electrons. The number of nitriles is 1. The predicted molar refractivity (Wildman–Crippen MR) is 105 cm³/mol. The van der Waals surface area contributed by atoms with Gasteiger partial charge in [-0.3, -0.25) is 0 Å². The third-order valence-corrected chi connectivity index (χ3v) is 6.54. The Hall–Kier alpha value is -1.65. The molecule has 0 saturated heterocycles. The first kappa shape index (κ1) is 19.7. The highest BCUT2D eigenvalue weighted by Crippen LogP contribution is 2.32. The van der Waals surface area contributed by atoms with Gasteiger partial charge in [0.05, 0.1) is 9.92 Å². The molecule has 0 amide bonds. The Labute approximate surface area is 161 Å². The fraction of sp³-hybridized carbons (Fsp3) is 0.118. The Morgan fingerprint density at radius 1 is 1.16 bits per heavy atom. The molecule has 2 aromatic rings. The van der Waals surface area contributed by atoms with Crippen molar-refractivity contribution in [1.82, 2.24) is 0 Å². The lowest BCUT2D eigenvalue weighted by Gasteiger charge is -2.13. The summed E-state index contributed by atoms with van der Waals surface area (Å²) in [4.78, 5) is -0.558. The number of rotatable bonds is 5. The molecule has 0 aliphatic rings.